The molecule has 0 heterocycles. The van der Waals surface area contributed by atoms with Gasteiger partial charge in [0.25, 0.3) is 0 Å². The third kappa shape index (κ3) is 4.34. The first-order chi connectivity index (χ1) is 8.74. The lowest BCUT2D eigenvalue weighted by molar-refractivity contribution is 0.349. The molecular formula is C16H27NO. The Labute approximate surface area is 112 Å². The van der Waals surface area contributed by atoms with E-state index in [0.29, 0.717) is 5.92 Å². The molecule has 0 amide bonds. The summed E-state index contributed by atoms with van der Waals surface area (Å²) in [6.45, 7) is 5.30. The van der Waals surface area contributed by atoms with E-state index >= 15 is 0 Å². The molecule has 0 aliphatic rings. The maximum atomic E-state index is 5.93. The number of rotatable bonds is 8. The number of ether oxygens (including phenoxy) is 1. The van der Waals surface area contributed by atoms with Crippen LogP contribution in [0.15, 0.2) is 24.3 Å². The lowest BCUT2D eigenvalue weighted by Crippen LogP contribution is -2.20. The molecule has 0 aliphatic heterocycles. The molecule has 0 radical (unpaired) electrons. The van der Waals surface area contributed by atoms with Crippen molar-refractivity contribution in [2.75, 3.05) is 13.7 Å². The van der Waals surface area contributed by atoms with Crippen LogP contribution in [0.1, 0.15) is 38.7 Å². The summed E-state index contributed by atoms with van der Waals surface area (Å²) in [7, 11) is 1.73. The van der Waals surface area contributed by atoms with Crippen LogP contribution < -0.4 is 10.5 Å². The second kappa shape index (κ2) is 8.15. The van der Waals surface area contributed by atoms with Gasteiger partial charge in [-0.05, 0) is 42.9 Å². The Balaban J connectivity index is 2.67. The van der Waals surface area contributed by atoms with E-state index in [9.17, 15) is 0 Å². The first-order valence-corrected chi connectivity index (χ1v) is 7.07. The molecule has 0 fully saturated rings. The SMILES string of the molecule is CCC(CC)CC(CN)Cc1ccccc1OC. The molecule has 1 aromatic rings. The molecule has 18 heavy (non-hydrogen) atoms. The maximum absolute atomic E-state index is 5.93. The van der Waals surface area contributed by atoms with Crippen LogP contribution in [0.4, 0.5) is 0 Å². The van der Waals surface area contributed by atoms with Gasteiger partial charge in [0.15, 0.2) is 0 Å². The second-order valence-electron chi connectivity index (χ2n) is 5.04. The molecule has 2 N–H and O–H groups in total. The summed E-state index contributed by atoms with van der Waals surface area (Å²) in [5, 5.41) is 0. The van der Waals surface area contributed by atoms with Crippen molar-refractivity contribution in [2.45, 2.75) is 39.5 Å². The van der Waals surface area contributed by atoms with Gasteiger partial charge in [0.1, 0.15) is 5.75 Å². The van der Waals surface area contributed by atoms with Crippen molar-refractivity contribution in [1.29, 1.82) is 0 Å². The highest BCUT2D eigenvalue weighted by molar-refractivity contribution is 5.33. The van der Waals surface area contributed by atoms with Crippen LogP contribution in [-0.2, 0) is 6.42 Å². The normalized spacial score (nSPS) is 12.7. The first kappa shape index (κ1) is 15.0. The van der Waals surface area contributed by atoms with Gasteiger partial charge in [-0.2, -0.15) is 0 Å². The molecule has 102 valence electrons. The fourth-order valence-electron chi connectivity index (χ4n) is 2.54. The van der Waals surface area contributed by atoms with E-state index in [0.717, 1.165) is 24.6 Å². The zero-order valence-electron chi connectivity index (χ0n) is 12.0. The predicted molar refractivity (Wildman–Crippen MR) is 77.9 cm³/mol. The van der Waals surface area contributed by atoms with Gasteiger partial charge >= 0.3 is 0 Å². The minimum atomic E-state index is 0.561. The van der Waals surface area contributed by atoms with E-state index < -0.39 is 0 Å². The topological polar surface area (TPSA) is 35.2 Å². The van der Waals surface area contributed by atoms with Crippen molar-refractivity contribution in [3.63, 3.8) is 0 Å². The number of methoxy groups -OCH3 is 1. The Morgan fingerprint density at radius 3 is 2.33 bits per heavy atom. The zero-order valence-corrected chi connectivity index (χ0v) is 12.0. The Morgan fingerprint density at radius 2 is 1.78 bits per heavy atom. The van der Waals surface area contributed by atoms with Gasteiger partial charge in [0, 0.05) is 0 Å². The molecule has 2 nitrogen and oxygen atoms in total. The molecule has 0 aliphatic carbocycles. The summed E-state index contributed by atoms with van der Waals surface area (Å²) in [6.07, 6.45) is 4.75. The lowest BCUT2D eigenvalue weighted by atomic mass is 9.86. The Bertz CT molecular complexity index is 334. The van der Waals surface area contributed by atoms with E-state index in [1.165, 1.54) is 24.8 Å². The third-order valence-corrected chi connectivity index (χ3v) is 3.86. The largest absolute Gasteiger partial charge is 0.496 e. The third-order valence-electron chi connectivity index (χ3n) is 3.86. The fraction of sp³-hybridized carbons (Fsp3) is 0.625. The van der Waals surface area contributed by atoms with Crippen molar-refractivity contribution in [2.24, 2.45) is 17.6 Å². The second-order valence-corrected chi connectivity index (χ2v) is 5.04. The van der Waals surface area contributed by atoms with E-state index in [-0.39, 0.29) is 0 Å². The highest BCUT2D eigenvalue weighted by Crippen LogP contribution is 2.25. The monoisotopic (exact) mass is 249 g/mol. The average Bonchev–Trinajstić information content (AvgIpc) is 2.43. The Hall–Kier alpha value is -1.02. The van der Waals surface area contributed by atoms with E-state index in [2.05, 4.69) is 26.0 Å². The molecule has 1 rings (SSSR count). The van der Waals surface area contributed by atoms with Crippen LogP contribution in [0.2, 0.25) is 0 Å². The van der Waals surface area contributed by atoms with Gasteiger partial charge in [0.05, 0.1) is 7.11 Å². The van der Waals surface area contributed by atoms with E-state index in [4.69, 9.17) is 10.5 Å². The smallest absolute Gasteiger partial charge is 0.122 e. The molecule has 1 atom stereocenters. The molecule has 2 heteroatoms. The highest BCUT2D eigenvalue weighted by atomic mass is 16.5. The Kier molecular flexibility index (Phi) is 6.81. The minimum absolute atomic E-state index is 0.561. The van der Waals surface area contributed by atoms with Crippen LogP contribution >= 0.6 is 0 Å². The number of para-hydroxylation sites is 1. The average molecular weight is 249 g/mol. The first-order valence-electron chi connectivity index (χ1n) is 7.07. The summed E-state index contributed by atoms with van der Waals surface area (Å²) in [6, 6.07) is 8.26. The molecule has 0 saturated carbocycles. The maximum Gasteiger partial charge on any atom is 0.122 e. The number of nitrogens with two attached hydrogens (primary N) is 1. The van der Waals surface area contributed by atoms with Gasteiger partial charge in [-0.3, -0.25) is 0 Å². The van der Waals surface area contributed by atoms with Gasteiger partial charge in [-0.25, -0.2) is 0 Å². The van der Waals surface area contributed by atoms with Crippen molar-refractivity contribution in [3.8, 4) is 5.75 Å². The molecule has 0 saturated heterocycles. The molecule has 0 spiro atoms. The van der Waals surface area contributed by atoms with Crippen LogP contribution in [0.3, 0.4) is 0 Å². The van der Waals surface area contributed by atoms with E-state index in [1.807, 2.05) is 12.1 Å². The van der Waals surface area contributed by atoms with Crippen molar-refractivity contribution in [1.82, 2.24) is 0 Å². The number of hydrogen-bond acceptors (Lipinski definition) is 2. The zero-order chi connectivity index (χ0) is 13.4. The number of benzene rings is 1. The summed E-state index contributed by atoms with van der Waals surface area (Å²) in [5.74, 6) is 2.35. The molecule has 0 bridgehead atoms. The van der Waals surface area contributed by atoms with Crippen LogP contribution in [0.25, 0.3) is 0 Å². The molecule has 1 unspecified atom stereocenters. The minimum Gasteiger partial charge on any atom is -0.496 e. The summed E-state index contributed by atoms with van der Waals surface area (Å²) in [5.41, 5.74) is 7.21. The van der Waals surface area contributed by atoms with E-state index in [1.54, 1.807) is 7.11 Å². The molecule has 1 aromatic carbocycles. The summed E-state index contributed by atoms with van der Waals surface area (Å²) < 4.78 is 5.41. The summed E-state index contributed by atoms with van der Waals surface area (Å²) in [4.78, 5) is 0. The van der Waals surface area contributed by atoms with Crippen LogP contribution in [0, 0.1) is 11.8 Å². The van der Waals surface area contributed by atoms with Crippen molar-refractivity contribution < 1.29 is 4.74 Å². The Morgan fingerprint density at radius 1 is 1.11 bits per heavy atom. The van der Waals surface area contributed by atoms with Gasteiger partial charge in [-0.1, -0.05) is 44.9 Å². The van der Waals surface area contributed by atoms with Crippen molar-refractivity contribution in [3.05, 3.63) is 29.8 Å². The van der Waals surface area contributed by atoms with Crippen LogP contribution in [-0.4, -0.2) is 13.7 Å². The van der Waals surface area contributed by atoms with Crippen LogP contribution in [0.5, 0.6) is 5.75 Å². The van der Waals surface area contributed by atoms with Gasteiger partial charge in [-0.15, -0.1) is 0 Å². The standard InChI is InChI=1S/C16H27NO/c1-4-13(5-2)10-14(12-17)11-15-8-6-7-9-16(15)18-3/h6-9,13-14H,4-5,10-12,17H2,1-3H3. The number of hydrogen-bond donors (Lipinski definition) is 1. The lowest BCUT2D eigenvalue weighted by Gasteiger charge is -2.21. The quantitative estimate of drug-likeness (QED) is 0.763. The van der Waals surface area contributed by atoms with Crippen molar-refractivity contribution >= 4 is 0 Å². The molecule has 0 aromatic heterocycles. The predicted octanol–water partition coefficient (Wildman–Crippen LogP) is 3.64. The molecular weight excluding hydrogens is 222 g/mol. The summed E-state index contributed by atoms with van der Waals surface area (Å²) >= 11 is 0. The fourth-order valence-corrected chi connectivity index (χ4v) is 2.54. The highest BCUT2D eigenvalue weighted by Gasteiger charge is 2.15. The van der Waals surface area contributed by atoms with Gasteiger partial charge < -0.3 is 10.5 Å². The van der Waals surface area contributed by atoms with Gasteiger partial charge in [0.2, 0.25) is 0 Å².